The minimum Gasteiger partial charge on any atom is -0.481 e. The molecule has 0 aliphatic rings. The average Bonchev–Trinajstić information content (AvgIpc) is 2.38. The molecular formula is C13H9ClN2O. The lowest BCUT2D eigenvalue weighted by molar-refractivity contribution is 0.398. The van der Waals surface area contributed by atoms with Crippen LogP contribution in [0.5, 0.6) is 5.88 Å². The van der Waals surface area contributed by atoms with E-state index >= 15 is 0 Å². The quantitative estimate of drug-likeness (QED) is 0.814. The Bertz CT molecular complexity index is 573. The molecule has 0 N–H and O–H groups in total. The molecule has 1 aromatic heterocycles. The van der Waals surface area contributed by atoms with Crippen molar-refractivity contribution in [1.82, 2.24) is 4.98 Å². The highest BCUT2D eigenvalue weighted by Crippen LogP contribution is 2.25. The summed E-state index contributed by atoms with van der Waals surface area (Å²) in [6.07, 6.45) is 1.69. The number of pyridine rings is 1. The van der Waals surface area contributed by atoms with Crippen LogP contribution in [0.3, 0.4) is 0 Å². The number of methoxy groups -OCH3 is 1. The van der Waals surface area contributed by atoms with Gasteiger partial charge in [0.1, 0.15) is 0 Å². The molecule has 0 atom stereocenters. The number of ether oxygens (including phenoxy) is 1. The van der Waals surface area contributed by atoms with Crippen molar-refractivity contribution in [2.24, 2.45) is 0 Å². The molecule has 0 bridgehead atoms. The summed E-state index contributed by atoms with van der Waals surface area (Å²) in [6, 6.07) is 10.9. The van der Waals surface area contributed by atoms with E-state index in [2.05, 4.69) is 11.1 Å². The summed E-state index contributed by atoms with van der Waals surface area (Å²) in [7, 11) is 1.56. The number of nitrogens with zero attached hydrogens (tertiary/aromatic N) is 2. The molecule has 0 radical (unpaired) electrons. The van der Waals surface area contributed by atoms with Gasteiger partial charge in [-0.15, -0.1) is 0 Å². The van der Waals surface area contributed by atoms with Crippen molar-refractivity contribution in [3.63, 3.8) is 0 Å². The largest absolute Gasteiger partial charge is 0.481 e. The van der Waals surface area contributed by atoms with E-state index in [0.717, 1.165) is 11.1 Å². The van der Waals surface area contributed by atoms with Crippen LogP contribution >= 0.6 is 11.6 Å². The number of halogens is 1. The van der Waals surface area contributed by atoms with Gasteiger partial charge in [0.2, 0.25) is 5.88 Å². The van der Waals surface area contributed by atoms with Crippen LogP contribution in [0.25, 0.3) is 11.1 Å². The summed E-state index contributed by atoms with van der Waals surface area (Å²) in [5.74, 6) is 0.552. The third-order valence-corrected chi connectivity index (χ3v) is 2.52. The minimum atomic E-state index is 0.531. The molecule has 3 nitrogen and oxygen atoms in total. The molecule has 84 valence electrons. The highest BCUT2D eigenvalue weighted by molar-refractivity contribution is 6.31. The Morgan fingerprint density at radius 1 is 1.24 bits per heavy atom. The van der Waals surface area contributed by atoms with Crippen molar-refractivity contribution in [3.05, 3.63) is 47.1 Å². The van der Waals surface area contributed by atoms with Crippen molar-refractivity contribution in [1.29, 1.82) is 5.26 Å². The van der Waals surface area contributed by atoms with E-state index in [9.17, 15) is 0 Å². The molecule has 1 aromatic carbocycles. The third-order valence-electron chi connectivity index (χ3n) is 2.31. The number of hydrogen-bond acceptors (Lipinski definition) is 3. The lowest BCUT2D eigenvalue weighted by Crippen LogP contribution is -1.87. The molecule has 0 aliphatic carbocycles. The second kappa shape index (κ2) is 4.86. The third kappa shape index (κ3) is 2.55. The second-order valence-electron chi connectivity index (χ2n) is 3.43. The standard InChI is InChI=1S/C13H9ClN2O/c1-17-13-3-2-10(8-16-13)11-4-9(7-15)5-12(14)6-11/h2-6,8H,1H3. The lowest BCUT2D eigenvalue weighted by Gasteiger charge is -2.04. The first-order chi connectivity index (χ1) is 8.22. The number of nitriles is 1. The first-order valence-corrected chi connectivity index (χ1v) is 5.32. The molecule has 0 saturated heterocycles. The van der Waals surface area contributed by atoms with Gasteiger partial charge in [-0.3, -0.25) is 0 Å². The van der Waals surface area contributed by atoms with E-state index < -0.39 is 0 Å². The van der Waals surface area contributed by atoms with Crippen LogP contribution in [-0.4, -0.2) is 12.1 Å². The van der Waals surface area contributed by atoms with Gasteiger partial charge in [-0.2, -0.15) is 5.26 Å². The predicted molar refractivity (Wildman–Crippen MR) is 66.0 cm³/mol. The number of hydrogen-bond donors (Lipinski definition) is 0. The van der Waals surface area contributed by atoms with E-state index in [4.69, 9.17) is 21.6 Å². The molecular weight excluding hydrogens is 236 g/mol. The summed E-state index contributed by atoms with van der Waals surface area (Å²) in [6.45, 7) is 0. The fourth-order valence-corrected chi connectivity index (χ4v) is 1.73. The minimum absolute atomic E-state index is 0.531. The second-order valence-corrected chi connectivity index (χ2v) is 3.87. The highest BCUT2D eigenvalue weighted by atomic mass is 35.5. The maximum Gasteiger partial charge on any atom is 0.212 e. The highest BCUT2D eigenvalue weighted by Gasteiger charge is 2.03. The first kappa shape index (κ1) is 11.4. The Morgan fingerprint density at radius 2 is 2.06 bits per heavy atom. The van der Waals surface area contributed by atoms with Gasteiger partial charge in [0, 0.05) is 22.8 Å². The van der Waals surface area contributed by atoms with Crippen molar-refractivity contribution in [3.8, 4) is 23.1 Å². The van der Waals surface area contributed by atoms with Gasteiger partial charge in [-0.25, -0.2) is 4.98 Å². The molecule has 0 aliphatic heterocycles. The molecule has 4 heteroatoms. The fraction of sp³-hybridized carbons (Fsp3) is 0.0769. The van der Waals surface area contributed by atoms with Gasteiger partial charge in [0.25, 0.3) is 0 Å². The molecule has 0 amide bonds. The Labute approximate surface area is 104 Å². The topological polar surface area (TPSA) is 45.9 Å². The summed E-state index contributed by atoms with van der Waals surface area (Å²) in [4.78, 5) is 4.11. The van der Waals surface area contributed by atoms with Crippen LogP contribution in [0.2, 0.25) is 5.02 Å². The summed E-state index contributed by atoms with van der Waals surface area (Å²) >= 11 is 5.94. The first-order valence-electron chi connectivity index (χ1n) is 4.94. The normalized spacial score (nSPS) is 9.71. The van der Waals surface area contributed by atoms with Gasteiger partial charge in [-0.1, -0.05) is 11.6 Å². The monoisotopic (exact) mass is 244 g/mol. The zero-order chi connectivity index (χ0) is 12.3. The Hall–Kier alpha value is -2.05. The van der Waals surface area contributed by atoms with Crippen LogP contribution in [0.15, 0.2) is 36.5 Å². The van der Waals surface area contributed by atoms with Crippen molar-refractivity contribution in [2.45, 2.75) is 0 Å². The van der Waals surface area contributed by atoms with E-state index in [1.54, 1.807) is 37.6 Å². The van der Waals surface area contributed by atoms with Gasteiger partial charge in [-0.05, 0) is 29.8 Å². The summed E-state index contributed by atoms with van der Waals surface area (Å²) < 4.78 is 4.98. The zero-order valence-electron chi connectivity index (χ0n) is 9.14. The van der Waals surface area contributed by atoms with Gasteiger partial charge >= 0.3 is 0 Å². The van der Waals surface area contributed by atoms with Crippen molar-refractivity contribution < 1.29 is 4.74 Å². The van der Waals surface area contributed by atoms with Gasteiger partial charge in [0.05, 0.1) is 18.7 Å². The van der Waals surface area contributed by atoms with E-state index in [1.165, 1.54) is 0 Å². The smallest absolute Gasteiger partial charge is 0.212 e. The molecule has 2 rings (SSSR count). The Kier molecular flexibility index (Phi) is 3.27. The van der Waals surface area contributed by atoms with Crippen molar-refractivity contribution >= 4 is 11.6 Å². The van der Waals surface area contributed by atoms with Gasteiger partial charge in [0.15, 0.2) is 0 Å². The van der Waals surface area contributed by atoms with Crippen LogP contribution in [0.1, 0.15) is 5.56 Å². The molecule has 0 spiro atoms. The van der Waals surface area contributed by atoms with Crippen LogP contribution in [0.4, 0.5) is 0 Å². The number of benzene rings is 1. The summed E-state index contributed by atoms with van der Waals surface area (Å²) in [5.41, 5.74) is 2.29. The van der Waals surface area contributed by atoms with Crippen molar-refractivity contribution in [2.75, 3.05) is 7.11 Å². The van der Waals surface area contributed by atoms with Crippen LogP contribution in [0, 0.1) is 11.3 Å². The maximum absolute atomic E-state index is 8.87. The zero-order valence-corrected chi connectivity index (χ0v) is 9.90. The maximum atomic E-state index is 8.87. The molecule has 2 aromatic rings. The number of rotatable bonds is 2. The van der Waals surface area contributed by atoms with E-state index in [0.29, 0.717) is 16.5 Å². The Morgan fingerprint density at radius 3 is 2.65 bits per heavy atom. The summed E-state index contributed by atoms with van der Waals surface area (Å²) in [5, 5.41) is 9.41. The molecule has 0 unspecified atom stereocenters. The van der Waals surface area contributed by atoms with Crippen LogP contribution in [-0.2, 0) is 0 Å². The molecule has 0 fully saturated rings. The number of aromatic nitrogens is 1. The average molecular weight is 245 g/mol. The van der Waals surface area contributed by atoms with E-state index in [1.807, 2.05) is 6.07 Å². The molecule has 0 saturated carbocycles. The Balaban J connectivity index is 2.45. The van der Waals surface area contributed by atoms with E-state index in [-0.39, 0.29) is 0 Å². The molecule has 1 heterocycles. The predicted octanol–water partition coefficient (Wildman–Crippen LogP) is 3.28. The fourth-order valence-electron chi connectivity index (χ4n) is 1.49. The van der Waals surface area contributed by atoms with Crippen LogP contribution < -0.4 is 4.74 Å². The molecule has 17 heavy (non-hydrogen) atoms. The lowest BCUT2D eigenvalue weighted by atomic mass is 10.1. The van der Waals surface area contributed by atoms with Gasteiger partial charge < -0.3 is 4.74 Å². The SMILES string of the molecule is COc1ccc(-c2cc(Cl)cc(C#N)c2)cn1.